The Kier molecular flexibility index (Phi) is 6.50. The zero-order chi connectivity index (χ0) is 14.3. The van der Waals surface area contributed by atoms with Crippen molar-refractivity contribution in [3.05, 3.63) is 28.3 Å². The lowest BCUT2D eigenvalue weighted by atomic mass is 10.1. The first-order chi connectivity index (χ1) is 9.08. The number of rotatable bonds is 6. The van der Waals surface area contributed by atoms with Crippen LogP contribution in [-0.4, -0.2) is 26.2 Å². The molecule has 0 saturated carbocycles. The first-order valence-electron chi connectivity index (χ1n) is 6.43. The van der Waals surface area contributed by atoms with Crippen LogP contribution in [0.4, 0.5) is 4.79 Å². The van der Waals surface area contributed by atoms with Crippen molar-refractivity contribution in [1.29, 1.82) is 0 Å². The molecule has 1 aromatic rings. The summed E-state index contributed by atoms with van der Waals surface area (Å²) in [7, 11) is 1.63. The summed E-state index contributed by atoms with van der Waals surface area (Å²) in [5, 5.41) is 6.28. The average Bonchev–Trinajstić information content (AvgIpc) is 2.40. The van der Waals surface area contributed by atoms with E-state index < -0.39 is 0 Å². The smallest absolute Gasteiger partial charge is 0.314 e. The fourth-order valence-corrected chi connectivity index (χ4v) is 1.88. The molecule has 0 unspecified atom stereocenters. The third-order valence-corrected chi connectivity index (χ3v) is 3.18. The van der Waals surface area contributed by atoms with Gasteiger partial charge in [-0.15, -0.1) is 0 Å². The molecule has 2 N–H and O–H groups in total. The van der Waals surface area contributed by atoms with Gasteiger partial charge in [-0.25, -0.2) is 4.79 Å². The number of carbonyl (C=O) groups is 1. The van der Waals surface area contributed by atoms with Crippen LogP contribution in [-0.2, 0) is 6.42 Å². The fourth-order valence-electron chi connectivity index (χ4n) is 1.69. The number of amides is 2. The quantitative estimate of drug-likeness (QED) is 0.844. The van der Waals surface area contributed by atoms with Gasteiger partial charge in [0.25, 0.3) is 0 Å². The van der Waals surface area contributed by atoms with Gasteiger partial charge >= 0.3 is 6.03 Å². The lowest BCUT2D eigenvalue weighted by molar-refractivity contribution is 0.241. The van der Waals surface area contributed by atoms with Gasteiger partial charge in [-0.05, 0) is 43.0 Å². The lowest BCUT2D eigenvalue weighted by Gasteiger charge is -2.12. The Morgan fingerprint density at radius 1 is 1.32 bits per heavy atom. The summed E-state index contributed by atoms with van der Waals surface area (Å²) in [5.41, 5.74) is 1.98. The molecule has 4 nitrogen and oxygen atoms in total. The molecule has 0 atom stereocenters. The summed E-state index contributed by atoms with van der Waals surface area (Å²) in [4.78, 5) is 11.4. The van der Waals surface area contributed by atoms with E-state index in [0.717, 1.165) is 23.3 Å². The number of carbonyl (C=O) groups excluding carboxylic acids is 1. The van der Waals surface area contributed by atoms with Crippen LogP contribution < -0.4 is 15.4 Å². The van der Waals surface area contributed by atoms with Gasteiger partial charge in [0.2, 0.25) is 0 Å². The summed E-state index contributed by atoms with van der Waals surface area (Å²) < 4.78 is 5.32. The van der Waals surface area contributed by atoms with E-state index >= 15 is 0 Å². The van der Waals surface area contributed by atoms with Gasteiger partial charge in [-0.1, -0.05) is 18.5 Å². The van der Waals surface area contributed by atoms with Gasteiger partial charge in [0.15, 0.2) is 0 Å². The molecule has 19 heavy (non-hydrogen) atoms. The van der Waals surface area contributed by atoms with Crippen molar-refractivity contribution in [2.45, 2.75) is 26.7 Å². The maximum absolute atomic E-state index is 11.4. The Morgan fingerprint density at radius 2 is 2.00 bits per heavy atom. The molecule has 0 aliphatic rings. The molecule has 0 saturated heterocycles. The Hall–Kier alpha value is -1.42. The lowest BCUT2D eigenvalue weighted by Crippen LogP contribution is -2.36. The summed E-state index contributed by atoms with van der Waals surface area (Å²) in [6, 6.07) is 3.66. The molecule has 1 rings (SSSR count). The molecular weight excluding hydrogens is 264 g/mol. The van der Waals surface area contributed by atoms with Crippen molar-refractivity contribution in [3.63, 3.8) is 0 Å². The van der Waals surface area contributed by atoms with Crippen LogP contribution in [0.1, 0.15) is 24.5 Å². The fraction of sp³-hybridized carbons (Fsp3) is 0.500. The van der Waals surface area contributed by atoms with Crippen molar-refractivity contribution in [2.24, 2.45) is 0 Å². The maximum atomic E-state index is 11.4. The Bertz CT molecular complexity index is 436. The number of urea groups is 1. The van der Waals surface area contributed by atoms with Crippen molar-refractivity contribution in [1.82, 2.24) is 10.6 Å². The van der Waals surface area contributed by atoms with E-state index in [1.165, 1.54) is 0 Å². The highest BCUT2D eigenvalue weighted by Gasteiger charge is 2.07. The Morgan fingerprint density at radius 3 is 2.63 bits per heavy atom. The third kappa shape index (κ3) is 4.99. The van der Waals surface area contributed by atoms with E-state index in [1.807, 2.05) is 26.0 Å². The van der Waals surface area contributed by atoms with E-state index in [2.05, 4.69) is 10.6 Å². The zero-order valence-corrected chi connectivity index (χ0v) is 12.4. The molecule has 1 aromatic carbocycles. The Balaban J connectivity index is 2.53. The average molecular weight is 285 g/mol. The van der Waals surface area contributed by atoms with Crippen molar-refractivity contribution in [3.8, 4) is 5.75 Å². The summed E-state index contributed by atoms with van der Waals surface area (Å²) in [6.07, 6.45) is 1.61. The topological polar surface area (TPSA) is 50.4 Å². The maximum Gasteiger partial charge on any atom is 0.314 e. The van der Waals surface area contributed by atoms with Gasteiger partial charge in [-0.3, -0.25) is 0 Å². The van der Waals surface area contributed by atoms with Gasteiger partial charge in [0.1, 0.15) is 5.75 Å². The highest BCUT2D eigenvalue weighted by molar-refractivity contribution is 6.31. The monoisotopic (exact) mass is 284 g/mol. The highest BCUT2D eigenvalue weighted by atomic mass is 35.5. The number of nitrogens with one attached hydrogen (secondary N) is 2. The number of hydrogen-bond acceptors (Lipinski definition) is 2. The van der Waals surface area contributed by atoms with Crippen LogP contribution in [0.25, 0.3) is 0 Å². The normalized spacial score (nSPS) is 10.1. The SMILES string of the molecule is CCCNC(=O)NCCc1cc(Cl)c(C)cc1OC. The number of ether oxygens (including phenoxy) is 1. The second-order valence-electron chi connectivity index (χ2n) is 4.35. The van der Waals surface area contributed by atoms with Gasteiger partial charge < -0.3 is 15.4 Å². The van der Waals surface area contributed by atoms with Crippen molar-refractivity contribution in [2.75, 3.05) is 20.2 Å². The second-order valence-corrected chi connectivity index (χ2v) is 4.75. The van der Waals surface area contributed by atoms with Gasteiger partial charge in [-0.2, -0.15) is 0 Å². The largest absolute Gasteiger partial charge is 0.496 e. The highest BCUT2D eigenvalue weighted by Crippen LogP contribution is 2.26. The summed E-state index contributed by atoms with van der Waals surface area (Å²) >= 11 is 6.10. The number of aryl methyl sites for hydroxylation is 1. The molecule has 0 spiro atoms. The molecule has 0 heterocycles. The third-order valence-electron chi connectivity index (χ3n) is 2.78. The van der Waals surface area contributed by atoms with Crippen LogP contribution in [0, 0.1) is 6.92 Å². The molecule has 0 radical (unpaired) electrons. The van der Waals surface area contributed by atoms with Crippen molar-refractivity contribution >= 4 is 17.6 Å². The number of methoxy groups -OCH3 is 1. The minimum absolute atomic E-state index is 0.140. The molecule has 2 amide bonds. The van der Waals surface area contributed by atoms with Crippen LogP contribution in [0.3, 0.4) is 0 Å². The first-order valence-corrected chi connectivity index (χ1v) is 6.81. The van der Waals surface area contributed by atoms with E-state index in [9.17, 15) is 4.79 Å². The predicted molar refractivity (Wildman–Crippen MR) is 78.1 cm³/mol. The summed E-state index contributed by atoms with van der Waals surface area (Å²) in [6.45, 7) is 5.18. The van der Waals surface area contributed by atoms with E-state index in [-0.39, 0.29) is 6.03 Å². The first kappa shape index (κ1) is 15.6. The number of halogens is 1. The molecule has 0 bridgehead atoms. The molecule has 0 aliphatic heterocycles. The zero-order valence-electron chi connectivity index (χ0n) is 11.7. The van der Waals surface area contributed by atoms with Crippen LogP contribution >= 0.6 is 11.6 Å². The number of hydrogen-bond donors (Lipinski definition) is 2. The van der Waals surface area contributed by atoms with E-state index in [0.29, 0.717) is 24.5 Å². The van der Waals surface area contributed by atoms with Crippen LogP contribution in [0.2, 0.25) is 5.02 Å². The summed E-state index contributed by atoms with van der Waals surface area (Å²) in [5.74, 6) is 0.803. The molecule has 0 fully saturated rings. The minimum atomic E-state index is -0.140. The van der Waals surface area contributed by atoms with Gasteiger partial charge in [0, 0.05) is 18.1 Å². The number of benzene rings is 1. The molecule has 0 aromatic heterocycles. The van der Waals surface area contributed by atoms with Gasteiger partial charge in [0.05, 0.1) is 7.11 Å². The molecule has 106 valence electrons. The van der Waals surface area contributed by atoms with E-state index in [1.54, 1.807) is 7.11 Å². The van der Waals surface area contributed by atoms with Crippen molar-refractivity contribution < 1.29 is 9.53 Å². The minimum Gasteiger partial charge on any atom is -0.496 e. The van der Waals surface area contributed by atoms with Crippen LogP contribution in [0.5, 0.6) is 5.75 Å². The van der Waals surface area contributed by atoms with Crippen LogP contribution in [0.15, 0.2) is 12.1 Å². The van der Waals surface area contributed by atoms with E-state index in [4.69, 9.17) is 16.3 Å². The molecule has 5 heteroatoms. The standard InChI is InChI=1S/C14H21ClN2O2/c1-4-6-16-14(18)17-7-5-11-9-12(15)10(2)8-13(11)19-3/h8-9H,4-7H2,1-3H3,(H2,16,17,18). The molecular formula is C14H21ClN2O2. The Labute approximate surface area is 119 Å². The molecule has 0 aliphatic carbocycles. The predicted octanol–water partition coefficient (Wildman–Crippen LogP) is 2.91. The second kappa shape index (κ2) is 7.89.